The Morgan fingerprint density at radius 2 is 2.23 bits per heavy atom. The maximum Gasteiger partial charge on any atom is 0.245 e. The number of aromatic hydroxyl groups is 1. The average molecular weight is 342 g/mol. The molecular formula is C15H20ClN3O2S. The number of carbonyl (C=O) groups is 1. The molecule has 2 aromatic rings. The molecule has 5 nitrogen and oxygen atoms in total. The Labute approximate surface area is 140 Å². The summed E-state index contributed by atoms with van der Waals surface area (Å²) in [5.74, 6) is -0.0512. The molecule has 0 radical (unpaired) electrons. The molecule has 0 bridgehead atoms. The van der Waals surface area contributed by atoms with Crippen LogP contribution < -0.4 is 11.1 Å². The Morgan fingerprint density at radius 3 is 2.86 bits per heavy atom. The van der Waals surface area contributed by atoms with E-state index in [2.05, 4.69) is 10.3 Å². The largest absolute Gasteiger partial charge is 0.508 e. The summed E-state index contributed by atoms with van der Waals surface area (Å²) >= 11 is 1.33. The topological polar surface area (TPSA) is 88.2 Å². The predicted molar refractivity (Wildman–Crippen MR) is 92.6 cm³/mol. The molecule has 1 amide bonds. The van der Waals surface area contributed by atoms with E-state index in [9.17, 15) is 9.90 Å². The van der Waals surface area contributed by atoms with Crippen LogP contribution in [0.4, 0.5) is 5.13 Å². The van der Waals surface area contributed by atoms with Crippen LogP contribution in [-0.2, 0) is 4.79 Å². The Morgan fingerprint density at radius 1 is 1.50 bits per heavy atom. The van der Waals surface area contributed by atoms with Crippen LogP contribution in [0.5, 0.6) is 5.75 Å². The van der Waals surface area contributed by atoms with Crippen LogP contribution in [0.2, 0.25) is 0 Å². The van der Waals surface area contributed by atoms with Gasteiger partial charge < -0.3 is 16.2 Å². The number of nitrogens with two attached hydrogens (primary N) is 1. The Kier molecular flexibility index (Phi) is 6.34. The van der Waals surface area contributed by atoms with Crippen LogP contribution in [0.1, 0.15) is 26.7 Å². The number of halogens is 1. The zero-order valence-corrected chi connectivity index (χ0v) is 14.1. The van der Waals surface area contributed by atoms with Gasteiger partial charge in [-0.25, -0.2) is 4.98 Å². The van der Waals surface area contributed by atoms with Crippen molar-refractivity contribution in [2.75, 3.05) is 5.32 Å². The van der Waals surface area contributed by atoms with Crippen molar-refractivity contribution in [3.63, 3.8) is 0 Å². The van der Waals surface area contributed by atoms with Gasteiger partial charge in [-0.15, -0.1) is 23.7 Å². The normalized spacial score (nSPS) is 13.0. The molecular weight excluding hydrogens is 322 g/mol. The second-order valence-electron chi connectivity index (χ2n) is 5.21. The molecule has 1 aromatic carbocycles. The highest BCUT2D eigenvalue weighted by Crippen LogP contribution is 2.27. The molecule has 0 spiro atoms. The number of phenols is 1. The third kappa shape index (κ3) is 4.43. The van der Waals surface area contributed by atoms with Gasteiger partial charge in [-0.1, -0.05) is 25.5 Å². The first-order chi connectivity index (χ1) is 9.92. The van der Waals surface area contributed by atoms with Gasteiger partial charge in [0, 0.05) is 10.9 Å². The zero-order chi connectivity index (χ0) is 15.5. The standard InChI is InChI=1S/C15H19N3O2S.ClH/c1-3-7-15(2,16)13(20)18-14-17-12(9-21-14)10-5-4-6-11(19)8-10;/h4-6,8-9,19H,3,7,16H2,1-2H3,(H,17,18,20);1H. The second kappa shape index (κ2) is 7.58. The van der Waals surface area contributed by atoms with Gasteiger partial charge in [-0.05, 0) is 25.5 Å². The van der Waals surface area contributed by atoms with Gasteiger partial charge in [0.1, 0.15) is 5.75 Å². The molecule has 120 valence electrons. The first-order valence-corrected chi connectivity index (χ1v) is 7.65. The summed E-state index contributed by atoms with van der Waals surface area (Å²) in [4.78, 5) is 16.5. The molecule has 0 aliphatic carbocycles. The van der Waals surface area contributed by atoms with E-state index in [1.54, 1.807) is 25.1 Å². The lowest BCUT2D eigenvalue weighted by molar-refractivity contribution is -0.120. The van der Waals surface area contributed by atoms with E-state index in [1.807, 2.05) is 18.4 Å². The van der Waals surface area contributed by atoms with E-state index in [-0.39, 0.29) is 24.1 Å². The molecule has 4 N–H and O–H groups in total. The van der Waals surface area contributed by atoms with Gasteiger partial charge >= 0.3 is 0 Å². The average Bonchev–Trinajstić information content (AvgIpc) is 2.87. The number of anilines is 1. The van der Waals surface area contributed by atoms with Crippen molar-refractivity contribution in [2.24, 2.45) is 5.73 Å². The third-order valence-corrected chi connectivity index (χ3v) is 3.91. The first-order valence-electron chi connectivity index (χ1n) is 6.77. The van der Waals surface area contributed by atoms with Crippen molar-refractivity contribution in [3.8, 4) is 17.0 Å². The number of aromatic nitrogens is 1. The molecule has 22 heavy (non-hydrogen) atoms. The highest BCUT2D eigenvalue weighted by molar-refractivity contribution is 7.14. The SMILES string of the molecule is CCCC(C)(N)C(=O)Nc1nc(-c2cccc(O)c2)cs1.Cl. The lowest BCUT2D eigenvalue weighted by Crippen LogP contribution is -2.48. The second-order valence-corrected chi connectivity index (χ2v) is 6.07. The fourth-order valence-electron chi connectivity index (χ4n) is 2.00. The number of thiazole rings is 1. The minimum absolute atomic E-state index is 0. The fraction of sp³-hybridized carbons (Fsp3) is 0.333. The van der Waals surface area contributed by atoms with E-state index in [4.69, 9.17) is 5.73 Å². The Bertz CT molecular complexity index is 643. The highest BCUT2D eigenvalue weighted by Gasteiger charge is 2.27. The van der Waals surface area contributed by atoms with Gasteiger partial charge in [0.25, 0.3) is 0 Å². The molecule has 0 saturated carbocycles. The first kappa shape index (κ1) is 18.4. The van der Waals surface area contributed by atoms with E-state index in [0.717, 1.165) is 12.0 Å². The van der Waals surface area contributed by atoms with E-state index in [0.29, 0.717) is 17.2 Å². The highest BCUT2D eigenvalue weighted by atomic mass is 35.5. The number of benzene rings is 1. The summed E-state index contributed by atoms with van der Waals surface area (Å²) in [6.07, 6.45) is 1.45. The monoisotopic (exact) mass is 341 g/mol. The smallest absolute Gasteiger partial charge is 0.245 e. The molecule has 1 aromatic heterocycles. The molecule has 0 aliphatic rings. The molecule has 1 atom stereocenters. The van der Waals surface area contributed by atoms with Crippen molar-refractivity contribution >= 4 is 34.8 Å². The van der Waals surface area contributed by atoms with Crippen LogP contribution in [-0.4, -0.2) is 21.5 Å². The van der Waals surface area contributed by atoms with Crippen molar-refractivity contribution in [1.82, 2.24) is 4.98 Å². The lowest BCUT2D eigenvalue weighted by Gasteiger charge is -2.21. The van der Waals surface area contributed by atoms with Crippen LogP contribution in [0.25, 0.3) is 11.3 Å². The number of nitrogens with zero attached hydrogens (tertiary/aromatic N) is 1. The molecule has 1 heterocycles. The predicted octanol–water partition coefficient (Wildman–Crippen LogP) is 3.39. The molecule has 0 saturated heterocycles. The summed E-state index contributed by atoms with van der Waals surface area (Å²) in [6.45, 7) is 3.71. The molecule has 0 aliphatic heterocycles. The zero-order valence-electron chi connectivity index (χ0n) is 12.5. The van der Waals surface area contributed by atoms with Crippen LogP contribution in [0.15, 0.2) is 29.6 Å². The molecule has 0 fully saturated rings. The van der Waals surface area contributed by atoms with Crippen LogP contribution in [0.3, 0.4) is 0 Å². The van der Waals surface area contributed by atoms with Crippen LogP contribution >= 0.6 is 23.7 Å². The Hall–Kier alpha value is -1.63. The number of amides is 1. The van der Waals surface area contributed by atoms with Crippen molar-refractivity contribution < 1.29 is 9.90 Å². The quantitative estimate of drug-likeness (QED) is 0.777. The molecule has 2 rings (SSSR count). The molecule has 7 heteroatoms. The number of nitrogens with one attached hydrogen (secondary N) is 1. The molecule has 1 unspecified atom stereocenters. The van der Waals surface area contributed by atoms with Crippen molar-refractivity contribution in [3.05, 3.63) is 29.6 Å². The summed E-state index contributed by atoms with van der Waals surface area (Å²) in [7, 11) is 0. The maximum atomic E-state index is 12.1. The lowest BCUT2D eigenvalue weighted by atomic mass is 9.97. The number of phenolic OH excluding ortho intramolecular Hbond substituents is 1. The number of rotatable bonds is 5. The van der Waals surface area contributed by atoms with E-state index in [1.165, 1.54) is 11.3 Å². The van der Waals surface area contributed by atoms with Gasteiger partial charge in [-0.3, -0.25) is 4.79 Å². The van der Waals surface area contributed by atoms with Crippen molar-refractivity contribution in [2.45, 2.75) is 32.2 Å². The summed E-state index contributed by atoms with van der Waals surface area (Å²) in [5, 5.41) is 14.6. The van der Waals surface area contributed by atoms with E-state index >= 15 is 0 Å². The van der Waals surface area contributed by atoms with Gasteiger partial charge in [-0.2, -0.15) is 0 Å². The number of hydrogen-bond acceptors (Lipinski definition) is 5. The van der Waals surface area contributed by atoms with E-state index < -0.39 is 5.54 Å². The minimum Gasteiger partial charge on any atom is -0.508 e. The van der Waals surface area contributed by atoms with Gasteiger partial charge in [0.2, 0.25) is 5.91 Å². The fourth-order valence-corrected chi connectivity index (χ4v) is 2.72. The third-order valence-electron chi connectivity index (χ3n) is 3.15. The minimum atomic E-state index is -0.897. The maximum absolute atomic E-state index is 12.1. The summed E-state index contributed by atoms with van der Waals surface area (Å²) in [5.41, 5.74) is 6.60. The van der Waals surface area contributed by atoms with Crippen LogP contribution in [0, 0.1) is 0 Å². The summed E-state index contributed by atoms with van der Waals surface area (Å²) in [6, 6.07) is 6.83. The van der Waals surface area contributed by atoms with Gasteiger partial charge in [0.15, 0.2) is 5.13 Å². The van der Waals surface area contributed by atoms with Gasteiger partial charge in [0.05, 0.1) is 11.2 Å². The van der Waals surface area contributed by atoms with Crippen molar-refractivity contribution in [1.29, 1.82) is 0 Å². The summed E-state index contributed by atoms with van der Waals surface area (Å²) < 4.78 is 0. The Balaban J connectivity index is 0.00000242. The number of carbonyl (C=O) groups excluding carboxylic acids is 1. The number of hydrogen-bond donors (Lipinski definition) is 3.